The molecule has 2 rings (SSSR count). The minimum absolute atomic E-state index is 0.0388. The molecule has 1 aliphatic rings. The Morgan fingerprint density at radius 2 is 2.10 bits per heavy atom. The van der Waals surface area contributed by atoms with Crippen LogP contribution >= 0.6 is 0 Å². The number of carbonyl (C=O) groups excluding carboxylic acids is 1. The van der Waals surface area contributed by atoms with Gasteiger partial charge in [0.05, 0.1) is 12.7 Å². The largest absolute Gasteiger partial charge is 0.480 e. The highest BCUT2D eigenvalue weighted by atomic mass is 16.5. The van der Waals surface area contributed by atoms with Crippen molar-refractivity contribution in [2.75, 3.05) is 13.7 Å². The second-order valence-corrected chi connectivity index (χ2v) is 4.79. The van der Waals surface area contributed by atoms with Crippen LogP contribution in [-0.4, -0.2) is 52.8 Å². The highest BCUT2D eigenvalue weighted by Gasteiger charge is 2.39. The van der Waals surface area contributed by atoms with Crippen LogP contribution in [0.3, 0.4) is 0 Å². The molecular formula is C14H17NO5. The summed E-state index contributed by atoms with van der Waals surface area (Å²) in [4.78, 5) is 24.9. The molecule has 0 radical (unpaired) electrons. The Morgan fingerprint density at radius 3 is 2.75 bits per heavy atom. The molecular weight excluding hydrogens is 262 g/mol. The maximum atomic E-state index is 12.5. The van der Waals surface area contributed by atoms with E-state index >= 15 is 0 Å². The van der Waals surface area contributed by atoms with Crippen molar-refractivity contribution in [3.63, 3.8) is 0 Å². The van der Waals surface area contributed by atoms with E-state index in [2.05, 4.69) is 0 Å². The minimum atomic E-state index is -1.10. The Labute approximate surface area is 116 Å². The highest BCUT2D eigenvalue weighted by Crippen LogP contribution is 2.22. The normalized spacial score (nSPS) is 22.0. The molecule has 6 heteroatoms. The Morgan fingerprint density at radius 1 is 1.40 bits per heavy atom. The van der Waals surface area contributed by atoms with Crippen LogP contribution in [0.2, 0.25) is 0 Å². The van der Waals surface area contributed by atoms with Crippen molar-refractivity contribution in [2.24, 2.45) is 0 Å². The molecule has 108 valence electrons. The highest BCUT2D eigenvalue weighted by molar-refractivity contribution is 5.98. The molecule has 20 heavy (non-hydrogen) atoms. The maximum Gasteiger partial charge on any atom is 0.326 e. The summed E-state index contributed by atoms with van der Waals surface area (Å²) in [5.74, 6) is -1.49. The number of carbonyl (C=O) groups is 2. The second kappa shape index (κ2) is 6.02. The van der Waals surface area contributed by atoms with Gasteiger partial charge in [0.2, 0.25) is 0 Å². The Kier molecular flexibility index (Phi) is 4.36. The van der Waals surface area contributed by atoms with Crippen molar-refractivity contribution in [3.8, 4) is 0 Å². The van der Waals surface area contributed by atoms with Crippen molar-refractivity contribution in [3.05, 3.63) is 35.4 Å². The number of aliphatic hydroxyl groups is 1. The molecule has 1 amide bonds. The van der Waals surface area contributed by atoms with E-state index in [1.54, 1.807) is 24.3 Å². The van der Waals surface area contributed by atoms with Crippen LogP contribution in [0.4, 0.5) is 0 Å². The van der Waals surface area contributed by atoms with Gasteiger partial charge in [0.25, 0.3) is 5.91 Å². The number of methoxy groups -OCH3 is 1. The molecule has 2 unspecified atom stereocenters. The summed E-state index contributed by atoms with van der Waals surface area (Å²) >= 11 is 0. The van der Waals surface area contributed by atoms with Gasteiger partial charge in [-0.1, -0.05) is 18.2 Å². The first-order valence-electron chi connectivity index (χ1n) is 6.33. The summed E-state index contributed by atoms with van der Waals surface area (Å²) in [6.45, 7) is 0.313. The van der Waals surface area contributed by atoms with Crippen molar-refractivity contribution >= 4 is 11.9 Å². The molecule has 0 saturated carbocycles. The number of β-amino-alcohol motifs (C(OH)–C–C–N with tert-alkyl or cyclic N) is 1. The molecule has 1 saturated heterocycles. The summed E-state index contributed by atoms with van der Waals surface area (Å²) in [5.41, 5.74) is 1.11. The number of ether oxygens (including phenoxy) is 1. The molecule has 1 heterocycles. The summed E-state index contributed by atoms with van der Waals surface area (Å²) in [6, 6.07) is 5.93. The van der Waals surface area contributed by atoms with Gasteiger partial charge in [-0.25, -0.2) is 4.79 Å². The summed E-state index contributed by atoms with van der Waals surface area (Å²) < 4.78 is 5.04. The van der Waals surface area contributed by atoms with Crippen LogP contribution < -0.4 is 0 Å². The topological polar surface area (TPSA) is 87.1 Å². The number of hydrogen-bond donors (Lipinski definition) is 2. The summed E-state index contributed by atoms with van der Waals surface area (Å²) in [6.07, 6.45) is -0.734. The number of aliphatic hydroxyl groups excluding tert-OH is 1. The van der Waals surface area contributed by atoms with E-state index in [1.807, 2.05) is 0 Å². The average Bonchev–Trinajstić information content (AvgIpc) is 2.81. The third-order valence-corrected chi connectivity index (χ3v) is 3.37. The molecule has 0 spiro atoms. The predicted octanol–water partition coefficient (Wildman–Crippen LogP) is 0.493. The first-order valence-corrected chi connectivity index (χ1v) is 6.33. The fourth-order valence-corrected chi connectivity index (χ4v) is 2.44. The fraction of sp³-hybridized carbons (Fsp3) is 0.429. The van der Waals surface area contributed by atoms with Crippen LogP contribution in [0, 0.1) is 0 Å². The number of carboxylic acid groups (broad SMARTS) is 1. The molecule has 1 aromatic rings. The molecule has 2 N–H and O–H groups in total. The zero-order chi connectivity index (χ0) is 14.7. The lowest BCUT2D eigenvalue weighted by molar-refractivity contribution is -0.141. The Balaban J connectivity index is 2.29. The monoisotopic (exact) mass is 279 g/mol. The number of nitrogens with zero attached hydrogens (tertiary/aromatic N) is 1. The van der Waals surface area contributed by atoms with Gasteiger partial charge in [-0.2, -0.15) is 0 Å². The Hall–Kier alpha value is -1.92. The van der Waals surface area contributed by atoms with Gasteiger partial charge >= 0.3 is 5.97 Å². The smallest absolute Gasteiger partial charge is 0.326 e. The number of benzene rings is 1. The minimum Gasteiger partial charge on any atom is -0.480 e. The standard InChI is InChI=1S/C14H17NO5/c1-20-8-9-4-2-3-5-11(9)13(17)15-7-10(16)6-12(15)14(18)19/h2-5,10,12,16H,6-8H2,1H3,(H,18,19). The second-order valence-electron chi connectivity index (χ2n) is 4.79. The third-order valence-electron chi connectivity index (χ3n) is 3.37. The molecule has 2 atom stereocenters. The molecule has 1 aliphatic heterocycles. The SMILES string of the molecule is COCc1ccccc1C(=O)N1CC(O)CC1C(=O)O. The van der Waals surface area contributed by atoms with E-state index in [9.17, 15) is 14.7 Å². The van der Waals surface area contributed by atoms with Gasteiger partial charge in [-0.15, -0.1) is 0 Å². The van der Waals surface area contributed by atoms with E-state index < -0.39 is 18.1 Å². The molecule has 6 nitrogen and oxygen atoms in total. The van der Waals surface area contributed by atoms with Crippen molar-refractivity contribution < 1.29 is 24.5 Å². The third kappa shape index (κ3) is 2.81. The number of likely N-dealkylation sites (tertiary alicyclic amines) is 1. The van der Waals surface area contributed by atoms with E-state index in [0.717, 1.165) is 0 Å². The van der Waals surface area contributed by atoms with Crippen molar-refractivity contribution in [2.45, 2.75) is 25.2 Å². The van der Waals surface area contributed by atoms with Crippen LogP contribution in [0.25, 0.3) is 0 Å². The maximum absolute atomic E-state index is 12.5. The first-order chi connectivity index (χ1) is 9.54. The lowest BCUT2D eigenvalue weighted by Crippen LogP contribution is -2.41. The summed E-state index contributed by atoms with van der Waals surface area (Å²) in [5, 5.41) is 18.7. The number of amides is 1. The lowest BCUT2D eigenvalue weighted by Gasteiger charge is -2.22. The van der Waals surface area contributed by atoms with Crippen LogP contribution in [0.1, 0.15) is 22.3 Å². The van der Waals surface area contributed by atoms with Crippen LogP contribution in [-0.2, 0) is 16.1 Å². The molecule has 0 bridgehead atoms. The Bertz CT molecular complexity index is 516. The lowest BCUT2D eigenvalue weighted by atomic mass is 10.1. The number of hydrogen-bond acceptors (Lipinski definition) is 4. The van der Waals surface area contributed by atoms with Crippen LogP contribution in [0.15, 0.2) is 24.3 Å². The van der Waals surface area contributed by atoms with Crippen LogP contribution in [0.5, 0.6) is 0 Å². The van der Waals surface area contributed by atoms with Gasteiger partial charge < -0.3 is 19.8 Å². The molecule has 0 aliphatic carbocycles. The van der Waals surface area contributed by atoms with E-state index in [1.165, 1.54) is 12.0 Å². The zero-order valence-electron chi connectivity index (χ0n) is 11.2. The van der Waals surface area contributed by atoms with Crippen molar-refractivity contribution in [1.82, 2.24) is 4.90 Å². The number of aliphatic carboxylic acids is 1. The fourth-order valence-electron chi connectivity index (χ4n) is 2.44. The first kappa shape index (κ1) is 14.5. The van der Waals surface area contributed by atoms with Gasteiger partial charge in [-0.05, 0) is 11.6 Å². The molecule has 0 aromatic heterocycles. The number of rotatable bonds is 4. The zero-order valence-corrected chi connectivity index (χ0v) is 11.2. The van der Waals surface area contributed by atoms with Crippen molar-refractivity contribution in [1.29, 1.82) is 0 Å². The van der Waals surface area contributed by atoms with Gasteiger partial charge in [0.15, 0.2) is 0 Å². The van der Waals surface area contributed by atoms with E-state index in [0.29, 0.717) is 11.1 Å². The molecule has 1 fully saturated rings. The average molecular weight is 279 g/mol. The van der Waals surface area contributed by atoms with E-state index in [-0.39, 0.29) is 25.5 Å². The quantitative estimate of drug-likeness (QED) is 0.837. The number of carboxylic acids is 1. The van der Waals surface area contributed by atoms with E-state index in [4.69, 9.17) is 9.84 Å². The predicted molar refractivity (Wildman–Crippen MR) is 70.2 cm³/mol. The van der Waals surface area contributed by atoms with Gasteiger partial charge in [0, 0.05) is 25.6 Å². The van der Waals surface area contributed by atoms with Gasteiger partial charge in [-0.3, -0.25) is 4.79 Å². The summed E-state index contributed by atoms with van der Waals surface area (Å²) in [7, 11) is 1.53. The molecule has 1 aromatic carbocycles. The van der Waals surface area contributed by atoms with Gasteiger partial charge in [0.1, 0.15) is 6.04 Å².